The molecule has 0 aromatic heterocycles. The van der Waals surface area contributed by atoms with Crippen molar-refractivity contribution in [1.82, 2.24) is 0 Å². The summed E-state index contributed by atoms with van der Waals surface area (Å²) in [5, 5.41) is 0. The lowest BCUT2D eigenvalue weighted by Gasteiger charge is -2.13. The number of rotatable bonds is 3. The monoisotopic (exact) mass is 228 g/mol. The van der Waals surface area contributed by atoms with Gasteiger partial charge in [-0.15, -0.1) is 0 Å². The Kier molecular flexibility index (Phi) is 7.27. The standard InChI is InChI=1S/C13H14N2.C2H6/c1-5-9-15-12-10(3)7-8-11(6-2)13(12)14-4;1-2/h5-9H,2-4H2,1H3;1-2H3/b9-5-,15-12?;. The summed E-state index contributed by atoms with van der Waals surface area (Å²) < 4.78 is 0. The van der Waals surface area contributed by atoms with Crippen molar-refractivity contribution in [3.05, 3.63) is 60.5 Å². The Labute approximate surface area is 104 Å². The van der Waals surface area contributed by atoms with Crippen LogP contribution in [0.1, 0.15) is 20.8 Å². The second-order valence-corrected chi connectivity index (χ2v) is 2.98. The van der Waals surface area contributed by atoms with Crippen LogP contribution in [0.2, 0.25) is 0 Å². The van der Waals surface area contributed by atoms with Gasteiger partial charge in [0.25, 0.3) is 0 Å². The Balaban J connectivity index is 0.00000121. The maximum absolute atomic E-state index is 4.28. The number of allylic oxidation sites excluding steroid dienone is 6. The average molecular weight is 228 g/mol. The number of hydrogen-bond donors (Lipinski definition) is 0. The van der Waals surface area contributed by atoms with E-state index in [0.717, 1.165) is 22.6 Å². The van der Waals surface area contributed by atoms with Crippen LogP contribution in [-0.2, 0) is 0 Å². The first-order chi connectivity index (χ1) is 8.24. The van der Waals surface area contributed by atoms with Gasteiger partial charge < -0.3 is 0 Å². The van der Waals surface area contributed by atoms with E-state index < -0.39 is 0 Å². The zero-order chi connectivity index (χ0) is 13.3. The maximum atomic E-state index is 4.28. The Morgan fingerprint density at radius 2 is 1.88 bits per heavy atom. The van der Waals surface area contributed by atoms with Crippen LogP contribution in [0.5, 0.6) is 0 Å². The Morgan fingerprint density at radius 1 is 1.24 bits per heavy atom. The molecular weight excluding hydrogens is 208 g/mol. The van der Waals surface area contributed by atoms with Crippen molar-refractivity contribution >= 4 is 12.4 Å². The van der Waals surface area contributed by atoms with Crippen molar-refractivity contribution in [2.45, 2.75) is 20.8 Å². The fraction of sp³-hybridized carbons (Fsp3) is 0.200. The summed E-state index contributed by atoms with van der Waals surface area (Å²) >= 11 is 0. The highest BCUT2D eigenvalue weighted by molar-refractivity contribution is 6.16. The van der Waals surface area contributed by atoms with Gasteiger partial charge in [-0.25, -0.2) is 0 Å². The van der Waals surface area contributed by atoms with Crippen LogP contribution in [-0.4, -0.2) is 12.4 Å². The lowest BCUT2D eigenvalue weighted by atomic mass is 9.98. The van der Waals surface area contributed by atoms with E-state index in [1.807, 2.05) is 39.0 Å². The molecule has 17 heavy (non-hydrogen) atoms. The SMILES string of the molecule is C=CC1=C(N=C)C(=N/C=C\C)C(=C)C=C1.CC. The normalized spacial score (nSPS) is 17.1. The van der Waals surface area contributed by atoms with E-state index in [0.29, 0.717) is 0 Å². The number of hydrogen-bond acceptors (Lipinski definition) is 2. The van der Waals surface area contributed by atoms with Crippen molar-refractivity contribution in [3.8, 4) is 0 Å². The van der Waals surface area contributed by atoms with Gasteiger partial charge in [-0.3, -0.25) is 9.98 Å². The van der Waals surface area contributed by atoms with Gasteiger partial charge >= 0.3 is 0 Å². The molecule has 0 bridgehead atoms. The average Bonchev–Trinajstić information content (AvgIpc) is 2.39. The molecule has 0 amide bonds. The molecule has 0 saturated heterocycles. The van der Waals surface area contributed by atoms with E-state index in [2.05, 4.69) is 29.9 Å². The van der Waals surface area contributed by atoms with E-state index in [-0.39, 0.29) is 0 Å². The van der Waals surface area contributed by atoms with Gasteiger partial charge in [-0.05, 0) is 19.2 Å². The van der Waals surface area contributed by atoms with Crippen LogP contribution in [0.3, 0.4) is 0 Å². The molecule has 0 aromatic rings. The van der Waals surface area contributed by atoms with Crippen LogP contribution in [0, 0.1) is 0 Å². The third kappa shape index (κ3) is 3.83. The zero-order valence-electron chi connectivity index (χ0n) is 10.9. The van der Waals surface area contributed by atoms with Gasteiger partial charge in [0.15, 0.2) is 0 Å². The molecule has 1 rings (SSSR count). The molecule has 0 spiro atoms. The molecule has 1 aliphatic carbocycles. The minimum Gasteiger partial charge on any atom is -0.262 e. The molecule has 0 atom stereocenters. The summed E-state index contributed by atoms with van der Waals surface area (Å²) in [4.78, 5) is 8.25. The van der Waals surface area contributed by atoms with Crippen molar-refractivity contribution in [2.24, 2.45) is 9.98 Å². The topological polar surface area (TPSA) is 24.7 Å². The third-order valence-electron chi connectivity index (χ3n) is 2.00. The van der Waals surface area contributed by atoms with E-state index in [1.54, 1.807) is 12.3 Å². The summed E-state index contributed by atoms with van der Waals surface area (Å²) in [6.07, 6.45) is 9.11. The fourth-order valence-corrected chi connectivity index (χ4v) is 1.26. The molecule has 0 fully saturated rings. The van der Waals surface area contributed by atoms with Crippen LogP contribution in [0.25, 0.3) is 0 Å². The fourth-order valence-electron chi connectivity index (χ4n) is 1.26. The molecule has 0 N–H and O–H groups in total. The molecule has 0 heterocycles. The quantitative estimate of drug-likeness (QED) is 0.645. The van der Waals surface area contributed by atoms with Crippen LogP contribution in [0.4, 0.5) is 0 Å². The Bertz CT molecular complexity index is 418. The highest BCUT2D eigenvalue weighted by Crippen LogP contribution is 2.21. The second kappa shape index (κ2) is 8.22. The molecule has 0 aromatic carbocycles. The smallest absolute Gasteiger partial charge is 0.0958 e. The van der Waals surface area contributed by atoms with Gasteiger partial charge in [0.2, 0.25) is 0 Å². The molecule has 0 aliphatic heterocycles. The largest absolute Gasteiger partial charge is 0.262 e. The van der Waals surface area contributed by atoms with Gasteiger partial charge in [0, 0.05) is 11.8 Å². The van der Waals surface area contributed by atoms with Crippen molar-refractivity contribution < 1.29 is 0 Å². The predicted octanol–water partition coefficient (Wildman–Crippen LogP) is 4.25. The van der Waals surface area contributed by atoms with Crippen molar-refractivity contribution in [3.63, 3.8) is 0 Å². The Hall–Kier alpha value is -1.96. The highest BCUT2D eigenvalue weighted by Gasteiger charge is 2.14. The third-order valence-corrected chi connectivity index (χ3v) is 2.00. The number of aliphatic imine (C=N–C) groups is 2. The summed E-state index contributed by atoms with van der Waals surface area (Å²) in [5.41, 5.74) is 3.23. The lowest BCUT2D eigenvalue weighted by Crippen LogP contribution is -2.08. The van der Waals surface area contributed by atoms with Crippen molar-refractivity contribution in [2.75, 3.05) is 0 Å². The highest BCUT2D eigenvalue weighted by atomic mass is 14.8. The minimum atomic E-state index is 0.732. The minimum absolute atomic E-state index is 0.732. The summed E-state index contributed by atoms with van der Waals surface area (Å²) in [6, 6.07) is 0. The molecule has 0 radical (unpaired) electrons. The molecule has 2 nitrogen and oxygen atoms in total. The van der Waals surface area contributed by atoms with E-state index in [4.69, 9.17) is 0 Å². The predicted molar refractivity (Wildman–Crippen MR) is 78.6 cm³/mol. The first-order valence-corrected chi connectivity index (χ1v) is 5.64. The Morgan fingerprint density at radius 3 is 2.35 bits per heavy atom. The molecule has 0 saturated carbocycles. The molecule has 90 valence electrons. The second-order valence-electron chi connectivity index (χ2n) is 2.98. The molecule has 1 aliphatic rings. The van der Waals surface area contributed by atoms with Crippen LogP contribution < -0.4 is 0 Å². The lowest BCUT2D eigenvalue weighted by molar-refractivity contribution is 1.36. The summed E-state index contributed by atoms with van der Waals surface area (Å²) in [7, 11) is 0. The van der Waals surface area contributed by atoms with Crippen LogP contribution in [0.15, 0.2) is 70.5 Å². The molecule has 2 heteroatoms. The molecular formula is C15H20N2. The van der Waals surface area contributed by atoms with Gasteiger partial charge in [-0.2, -0.15) is 0 Å². The number of nitrogens with zero attached hydrogens (tertiary/aromatic N) is 2. The van der Waals surface area contributed by atoms with Gasteiger partial charge in [0.1, 0.15) is 0 Å². The maximum Gasteiger partial charge on any atom is 0.0958 e. The first kappa shape index (κ1) is 15.0. The van der Waals surface area contributed by atoms with Crippen molar-refractivity contribution in [1.29, 1.82) is 0 Å². The molecule has 0 unspecified atom stereocenters. The van der Waals surface area contributed by atoms with Gasteiger partial charge in [0.05, 0.1) is 11.4 Å². The summed E-state index contributed by atoms with van der Waals surface area (Å²) in [5.74, 6) is 0. The zero-order valence-corrected chi connectivity index (χ0v) is 10.9. The van der Waals surface area contributed by atoms with Crippen LogP contribution >= 0.6 is 0 Å². The first-order valence-electron chi connectivity index (χ1n) is 5.64. The summed E-state index contributed by atoms with van der Waals surface area (Å²) in [6.45, 7) is 17.1. The van der Waals surface area contributed by atoms with Gasteiger partial charge in [-0.1, -0.05) is 51.3 Å². The van der Waals surface area contributed by atoms with E-state index in [9.17, 15) is 0 Å². The van der Waals surface area contributed by atoms with E-state index >= 15 is 0 Å². The van der Waals surface area contributed by atoms with E-state index in [1.165, 1.54) is 0 Å².